The van der Waals surface area contributed by atoms with E-state index >= 15 is 0 Å². The molecule has 0 spiro atoms. The van der Waals surface area contributed by atoms with E-state index in [1.165, 1.54) is 18.2 Å². The van der Waals surface area contributed by atoms with Crippen molar-refractivity contribution in [1.82, 2.24) is 5.32 Å². The van der Waals surface area contributed by atoms with Crippen LogP contribution in [0.3, 0.4) is 0 Å². The van der Waals surface area contributed by atoms with Crippen molar-refractivity contribution in [3.63, 3.8) is 0 Å². The van der Waals surface area contributed by atoms with Crippen LogP contribution in [-0.4, -0.2) is 30.6 Å². The molecule has 0 fully saturated rings. The van der Waals surface area contributed by atoms with Gasteiger partial charge in [0.15, 0.2) is 0 Å². The maximum atomic E-state index is 12.0. The summed E-state index contributed by atoms with van der Waals surface area (Å²) in [4.78, 5) is 22.2. The Balaban J connectivity index is 2.59. The largest absolute Gasteiger partial charge is 0.380 e. The topological polar surface area (TPSA) is 120 Å². The monoisotopic (exact) mass is 296 g/mol. The van der Waals surface area contributed by atoms with Gasteiger partial charge in [-0.15, -0.1) is 0 Å². The second-order valence-electron chi connectivity index (χ2n) is 4.35. The Hall–Kier alpha value is -2.19. The maximum absolute atomic E-state index is 12.0. The van der Waals surface area contributed by atoms with Crippen LogP contribution in [0.25, 0.3) is 0 Å². The number of nitrogen functional groups attached to an aromatic ring is 1. The van der Waals surface area contributed by atoms with Gasteiger partial charge in [0.05, 0.1) is 22.8 Å². The molecule has 1 aromatic carbocycles. The number of hydrogen-bond acceptors (Lipinski definition) is 6. The predicted molar refractivity (Wildman–Crippen MR) is 79.0 cm³/mol. The molecule has 0 atom stereocenters. The molecule has 21 heavy (non-hydrogen) atoms. The molecule has 0 heterocycles. The van der Waals surface area contributed by atoms with Crippen molar-refractivity contribution in [2.45, 2.75) is 19.8 Å². The molecule has 0 aliphatic rings. The zero-order chi connectivity index (χ0) is 15.7. The number of hydrogen-bond donors (Lipinski definition) is 3. The summed E-state index contributed by atoms with van der Waals surface area (Å²) in [6, 6.07) is 3.85. The second kappa shape index (κ2) is 8.88. The van der Waals surface area contributed by atoms with Gasteiger partial charge in [-0.05, 0) is 12.5 Å². The minimum atomic E-state index is -0.565. The van der Waals surface area contributed by atoms with E-state index < -0.39 is 10.8 Å². The number of amides is 1. The number of carbonyl (C=O) groups excluding carboxylic acids is 1. The summed E-state index contributed by atoms with van der Waals surface area (Å²) in [5.41, 5.74) is 2.63. The third kappa shape index (κ3) is 5.36. The molecule has 0 saturated carbocycles. The van der Waals surface area contributed by atoms with Crippen molar-refractivity contribution in [2.75, 3.05) is 25.2 Å². The molecule has 0 aliphatic carbocycles. The second-order valence-corrected chi connectivity index (χ2v) is 4.35. The summed E-state index contributed by atoms with van der Waals surface area (Å²) in [5, 5.41) is 13.4. The lowest BCUT2D eigenvalue weighted by Gasteiger charge is -2.10. The number of benzene rings is 1. The fraction of sp³-hybridized carbons (Fsp3) is 0.462. The lowest BCUT2D eigenvalue weighted by Crippen LogP contribution is -2.28. The number of nitrogens with one attached hydrogen (secondary N) is 2. The lowest BCUT2D eigenvalue weighted by atomic mass is 10.1. The van der Waals surface area contributed by atoms with Gasteiger partial charge in [-0.3, -0.25) is 20.8 Å². The fourth-order valence-electron chi connectivity index (χ4n) is 1.64. The highest BCUT2D eigenvalue weighted by Gasteiger charge is 2.15. The number of nitrogens with two attached hydrogens (primary N) is 1. The van der Waals surface area contributed by atoms with Gasteiger partial charge in [-0.1, -0.05) is 13.3 Å². The average Bonchev–Trinajstić information content (AvgIpc) is 2.49. The minimum absolute atomic E-state index is 0.125. The van der Waals surface area contributed by atoms with Crippen molar-refractivity contribution in [3.8, 4) is 0 Å². The van der Waals surface area contributed by atoms with Gasteiger partial charge in [-0.25, -0.2) is 0 Å². The quantitative estimate of drug-likeness (QED) is 0.274. The number of nitro benzene ring substituents is 1. The lowest BCUT2D eigenvalue weighted by molar-refractivity contribution is -0.384. The number of nitrogens with zero attached hydrogens (tertiary/aromatic N) is 1. The SMILES string of the molecule is CCCCOCCNC(=O)c1cc([N+](=O)[O-])ccc1NN. The summed E-state index contributed by atoms with van der Waals surface area (Å²) in [6.45, 7) is 3.44. The molecular formula is C13H20N4O4. The number of nitro groups is 1. The minimum Gasteiger partial charge on any atom is -0.380 e. The number of hydrazine groups is 1. The van der Waals surface area contributed by atoms with E-state index in [1.807, 2.05) is 0 Å². The highest BCUT2D eigenvalue weighted by atomic mass is 16.6. The highest BCUT2D eigenvalue weighted by molar-refractivity contribution is 6.00. The standard InChI is InChI=1S/C13H20N4O4/c1-2-3-7-21-8-6-15-13(18)11-9-10(17(19)20)4-5-12(11)16-14/h4-5,9,16H,2-3,6-8,14H2,1H3,(H,15,18). The zero-order valence-corrected chi connectivity index (χ0v) is 11.9. The molecule has 116 valence electrons. The van der Waals surface area contributed by atoms with Gasteiger partial charge >= 0.3 is 0 Å². The van der Waals surface area contributed by atoms with E-state index in [2.05, 4.69) is 17.7 Å². The first-order chi connectivity index (χ1) is 10.1. The summed E-state index contributed by atoms with van der Waals surface area (Å²) in [5.74, 6) is 4.86. The Bertz CT molecular complexity index is 493. The number of anilines is 1. The number of carbonyl (C=O) groups is 1. The third-order valence-corrected chi connectivity index (χ3v) is 2.79. The zero-order valence-electron chi connectivity index (χ0n) is 11.9. The van der Waals surface area contributed by atoms with Gasteiger partial charge in [0.25, 0.3) is 11.6 Å². The van der Waals surface area contributed by atoms with Crippen molar-refractivity contribution < 1.29 is 14.5 Å². The summed E-state index contributed by atoms with van der Waals surface area (Å²) < 4.78 is 5.32. The van der Waals surface area contributed by atoms with Crippen LogP contribution in [0.15, 0.2) is 18.2 Å². The molecule has 1 rings (SSSR count). The number of ether oxygens (including phenoxy) is 1. The molecule has 4 N–H and O–H groups in total. The number of rotatable bonds is 9. The van der Waals surface area contributed by atoms with Crippen LogP contribution in [-0.2, 0) is 4.74 Å². The Morgan fingerprint density at radius 3 is 2.81 bits per heavy atom. The molecule has 0 aliphatic heterocycles. The first-order valence-corrected chi connectivity index (χ1v) is 6.71. The Labute approximate surface area is 122 Å². The van der Waals surface area contributed by atoms with Crippen LogP contribution in [0.4, 0.5) is 11.4 Å². The van der Waals surface area contributed by atoms with Gasteiger partial charge in [0, 0.05) is 25.3 Å². The number of unbranched alkanes of at least 4 members (excludes halogenated alkanes) is 1. The van der Waals surface area contributed by atoms with E-state index in [4.69, 9.17) is 10.6 Å². The average molecular weight is 296 g/mol. The molecule has 1 aromatic rings. The maximum Gasteiger partial charge on any atom is 0.270 e. The van der Waals surface area contributed by atoms with Crippen molar-refractivity contribution in [3.05, 3.63) is 33.9 Å². The summed E-state index contributed by atoms with van der Waals surface area (Å²) in [7, 11) is 0. The molecule has 0 unspecified atom stereocenters. The Morgan fingerprint density at radius 1 is 1.43 bits per heavy atom. The molecular weight excluding hydrogens is 276 g/mol. The summed E-state index contributed by atoms with van der Waals surface area (Å²) in [6.07, 6.45) is 2.02. The van der Waals surface area contributed by atoms with Crippen LogP contribution in [0.5, 0.6) is 0 Å². The molecule has 0 aromatic heterocycles. The highest BCUT2D eigenvalue weighted by Crippen LogP contribution is 2.21. The van der Waals surface area contributed by atoms with E-state index in [9.17, 15) is 14.9 Å². The summed E-state index contributed by atoms with van der Waals surface area (Å²) >= 11 is 0. The molecule has 0 saturated heterocycles. The molecule has 8 nitrogen and oxygen atoms in total. The first kappa shape index (κ1) is 16.9. The number of non-ortho nitro benzene ring substituents is 1. The van der Waals surface area contributed by atoms with E-state index in [0.717, 1.165) is 12.8 Å². The van der Waals surface area contributed by atoms with Crippen molar-refractivity contribution in [1.29, 1.82) is 0 Å². The Morgan fingerprint density at radius 2 is 2.19 bits per heavy atom. The van der Waals surface area contributed by atoms with Gasteiger partial charge in [0.2, 0.25) is 0 Å². The molecule has 0 radical (unpaired) electrons. The van der Waals surface area contributed by atoms with E-state index in [-0.39, 0.29) is 11.3 Å². The van der Waals surface area contributed by atoms with Crippen LogP contribution in [0, 0.1) is 10.1 Å². The molecule has 1 amide bonds. The fourth-order valence-corrected chi connectivity index (χ4v) is 1.64. The van der Waals surface area contributed by atoms with Crippen molar-refractivity contribution >= 4 is 17.3 Å². The first-order valence-electron chi connectivity index (χ1n) is 6.71. The third-order valence-electron chi connectivity index (χ3n) is 2.79. The van der Waals surface area contributed by atoms with Crippen LogP contribution in [0.2, 0.25) is 0 Å². The van der Waals surface area contributed by atoms with E-state index in [1.54, 1.807) is 0 Å². The Kier molecular flexibility index (Phi) is 7.13. The van der Waals surface area contributed by atoms with Crippen molar-refractivity contribution in [2.24, 2.45) is 5.84 Å². The molecule has 0 bridgehead atoms. The van der Waals surface area contributed by atoms with Gasteiger partial charge in [0.1, 0.15) is 0 Å². The van der Waals surface area contributed by atoms with Crippen LogP contribution in [0.1, 0.15) is 30.1 Å². The van der Waals surface area contributed by atoms with Crippen LogP contribution < -0.4 is 16.6 Å². The van der Waals surface area contributed by atoms with Gasteiger partial charge in [-0.2, -0.15) is 0 Å². The van der Waals surface area contributed by atoms with Gasteiger partial charge < -0.3 is 15.5 Å². The molecule has 8 heteroatoms. The predicted octanol–water partition coefficient (Wildman–Crippen LogP) is 1.43. The normalized spacial score (nSPS) is 10.2. The smallest absolute Gasteiger partial charge is 0.270 e. The van der Waals surface area contributed by atoms with Crippen LogP contribution >= 0.6 is 0 Å². The van der Waals surface area contributed by atoms with E-state index in [0.29, 0.717) is 25.4 Å².